The highest BCUT2D eigenvalue weighted by Gasteiger charge is 2.13. The second kappa shape index (κ2) is 12.6. The van der Waals surface area contributed by atoms with Crippen LogP contribution in [0.2, 0.25) is 5.02 Å². The summed E-state index contributed by atoms with van der Waals surface area (Å²) in [6, 6.07) is 14.2. The van der Waals surface area contributed by atoms with Crippen LogP contribution in [0.3, 0.4) is 0 Å². The van der Waals surface area contributed by atoms with E-state index in [0.717, 1.165) is 11.1 Å². The van der Waals surface area contributed by atoms with Gasteiger partial charge in [0.1, 0.15) is 0 Å². The van der Waals surface area contributed by atoms with Gasteiger partial charge >= 0.3 is 0 Å². The smallest absolute Gasteiger partial charge is 0.203 e. The predicted octanol–water partition coefficient (Wildman–Crippen LogP) is 6.36. The molecular formula is C28H28ClNO6. The van der Waals surface area contributed by atoms with E-state index in [1.807, 2.05) is 36.4 Å². The number of ether oxygens (including phenoxy) is 5. The van der Waals surface area contributed by atoms with Gasteiger partial charge in [-0.15, -0.1) is 0 Å². The molecule has 0 aliphatic rings. The van der Waals surface area contributed by atoms with Crippen LogP contribution in [0.25, 0.3) is 12.2 Å². The van der Waals surface area contributed by atoms with Crippen LogP contribution in [0.1, 0.15) is 21.5 Å². The Labute approximate surface area is 215 Å². The summed E-state index contributed by atoms with van der Waals surface area (Å²) in [5, 5.41) is 3.61. The first-order chi connectivity index (χ1) is 17.4. The van der Waals surface area contributed by atoms with Gasteiger partial charge in [0.2, 0.25) is 5.75 Å². The third-order valence-electron chi connectivity index (χ3n) is 5.24. The van der Waals surface area contributed by atoms with Gasteiger partial charge in [0.25, 0.3) is 0 Å². The lowest BCUT2D eigenvalue weighted by molar-refractivity contribution is 0.104. The molecule has 0 amide bonds. The van der Waals surface area contributed by atoms with Crippen molar-refractivity contribution < 1.29 is 28.5 Å². The minimum atomic E-state index is -0.186. The maximum absolute atomic E-state index is 12.5. The molecular weight excluding hydrogens is 482 g/mol. The highest BCUT2D eigenvalue weighted by atomic mass is 35.5. The van der Waals surface area contributed by atoms with E-state index in [2.05, 4.69) is 5.32 Å². The molecule has 36 heavy (non-hydrogen) atoms. The summed E-state index contributed by atoms with van der Waals surface area (Å²) >= 11 is 5.98. The molecule has 3 aromatic carbocycles. The summed E-state index contributed by atoms with van der Waals surface area (Å²) in [5.74, 6) is 2.48. The fourth-order valence-corrected chi connectivity index (χ4v) is 3.71. The van der Waals surface area contributed by atoms with Crippen molar-refractivity contribution in [2.75, 3.05) is 40.9 Å². The van der Waals surface area contributed by atoms with Crippen molar-refractivity contribution in [3.05, 3.63) is 82.5 Å². The highest BCUT2D eigenvalue weighted by molar-refractivity contribution is 6.31. The van der Waals surface area contributed by atoms with Crippen molar-refractivity contribution in [2.24, 2.45) is 0 Å². The summed E-state index contributed by atoms with van der Waals surface area (Å²) in [4.78, 5) is 12.5. The molecule has 0 fully saturated rings. The average Bonchev–Trinajstić information content (AvgIpc) is 2.90. The molecule has 0 atom stereocenters. The summed E-state index contributed by atoms with van der Waals surface area (Å²) in [6.07, 6.45) is 6.80. The van der Waals surface area contributed by atoms with Crippen LogP contribution in [0.5, 0.6) is 28.7 Å². The summed E-state index contributed by atoms with van der Waals surface area (Å²) < 4.78 is 27.3. The second-order valence-electron chi connectivity index (χ2n) is 7.45. The van der Waals surface area contributed by atoms with Gasteiger partial charge in [0, 0.05) is 22.9 Å². The standard InChI is InChI=1S/C28H28ClNO6/c1-32-24-14-18(9-10-19-15-25(33-2)28(36-5)26(16-19)34-3)13-22(27(24)35-4)30-12-11-23(31)20-7-6-8-21(29)17-20/h6-17,30H,1-5H3. The van der Waals surface area contributed by atoms with Crippen LogP contribution < -0.4 is 29.0 Å². The average molecular weight is 510 g/mol. The molecule has 0 radical (unpaired) electrons. The first-order valence-corrected chi connectivity index (χ1v) is 11.3. The Hall–Kier alpha value is -4.10. The molecule has 0 spiro atoms. The lowest BCUT2D eigenvalue weighted by Crippen LogP contribution is -1.99. The number of anilines is 1. The zero-order chi connectivity index (χ0) is 26.1. The van der Waals surface area contributed by atoms with E-state index in [1.54, 1.807) is 66.0 Å². The van der Waals surface area contributed by atoms with Crippen LogP contribution in [0.4, 0.5) is 5.69 Å². The third-order valence-corrected chi connectivity index (χ3v) is 5.47. The maximum atomic E-state index is 12.5. The minimum absolute atomic E-state index is 0.186. The Morgan fingerprint density at radius 1 is 0.750 bits per heavy atom. The number of rotatable bonds is 11. The molecule has 0 bridgehead atoms. The van der Waals surface area contributed by atoms with E-state index in [0.29, 0.717) is 45.0 Å². The van der Waals surface area contributed by atoms with Crippen LogP contribution in [-0.4, -0.2) is 41.3 Å². The molecule has 0 aromatic heterocycles. The second-order valence-corrected chi connectivity index (χ2v) is 7.88. The molecule has 3 rings (SSSR count). The topological polar surface area (TPSA) is 75.3 Å². The monoisotopic (exact) mass is 509 g/mol. The number of hydrogen-bond acceptors (Lipinski definition) is 7. The van der Waals surface area contributed by atoms with E-state index in [4.69, 9.17) is 35.3 Å². The van der Waals surface area contributed by atoms with Gasteiger partial charge < -0.3 is 29.0 Å². The van der Waals surface area contributed by atoms with Gasteiger partial charge in [-0.1, -0.05) is 35.9 Å². The minimum Gasteiger partial charge on any atom is -0.493 e. The van der Waals surface area contributed by atoms with Crippen LogP contribution in [0.15, 0.2) is 60.8 Å². The molecule has 0 saturated heterocycles. The number of nitrogens with one attached hydrogen (secondary N) is 1. The molecule has 1 N–H and O–H groups in total. The Bertz CT molecular complexity index is 1260. The molecule has 0 heterocycles. The SMILES string of the molecule is COc1cc(C=Cc2cc(OC)c(OC)c(OC)c2)cc(NC=CC(=O)c2cccc(Cl)c2)c1OC. The Morgan fingerprint density at radius 3 is 1.83 bits per heavy atom. The van der Waals surface area contributed by atoms with Crippen molar-refractivity contribution >= 4 is 35.2 Å². The van der Waals surface area contributed by atoms with E-state index < -0.39 is 0 Å². The van der Waals surface area contributed by atoms with Crippen LogP contribution in [0, 0.1) is 0 Å². The molecule has 0 aliphatic carbocycles. The number of halogens is 1. The van der Waals surface area contributed by atoms with Crippen LogP contribution >= 0.6 is 11.6 Å². The zero-order valence-electron chi connectivity index (χ0n) is 20.8. The fourth-order valence-electron chi connectivity index (χ4n) is 3.52. The lowest BCUT2D eigenvalue weighted by atomic mass is 10.1. The van der Waals surface area contributed by atoms with Gasteiger partial charge in [-0.05, 0) is 47.5 Å². The number of carbonyl (C=O) groups excluding carboxylic acids is 1. The van der Waals surface area contributed by atoms with E-state index in [1.165, 1.54) is 6.08 Å². The molecule has 0 aliphatic heterocycles. The quantitative estimate of drug-likeness (QED) is 0.183. The van der Waals surface area contributed by atoms with Crippen molar-refractivity contribution in [1.29, 1.82) is 0 Å². The first-order valence-electron chi connectivity index (χ1n) is 10.9. The molecule has 0 unspecified atom stereocenters. The van der Waals surface area contributed by atoms with Gasteiger partial charge in [0.05, 0.1) is 41.2 Å². The molecule has 0 saturated carbocycles. The Morgan fingerprint density at radius 2 is 1.31 bits per heavy atom. The maximum Gasteiger partial charge on any atom is 0.203 e. The van der Waals surface area contributed by atoms with E-state index in [9.17, 15) is 4.79 Å². The molecule has 3 aromatic rings. The number of benzene rings is 3. The van der Waals surface area contributed by atoms with Gasteiger partial charge in [0.15, 0.2) is 28.8 Å². The zero-order valence-corrected chi connectivity index (χ0v) is 21.5. The fraction of sp³-hybridized carbons (Fsp3) is 0.179. The summed E-state index contributed by atoms with van der Waals surface area (Å²) in [7, 11) is 7.82. The first kappa shape index (κ1) is 26.5. The summed E-state index contributed by atoms with van der Waals surface area (Å²) in [6.45, 7) is 0. The normalized spacial score (nSPS) is 10.9. The van der Waals surface area contributed by atoms with Crippen molar-refractivity contribution in [3.63, 3.8) is 0 Å². The number of hydrogen-bond donors (Lipinski definition) is 1. The molecule has 188 valence electrons. The van der Waals surface area contributed by atoms with E-state index in [-0.39, 0.29) is 5.78 Å². The molecule has 7 nitrogen and oxygen atoms in total. The van der Waals surface area contributed by atoms with Gasteiger partial charge in [-0.25, -0.2) is 0 Å². The number of carbonyl (C=O) groups is 1. The number of methoxy groups -OCH3 is 5. The highest BCUT2D eigenvalue weighted by Crippen LogP contribution is 2.40. The van der Waals surface area contributed by atoms with Gasteiger partial charge in [-0.3, -0.25) is 4.79 Å². The summed E-state index contributed by atoms with van der Waals surface area (Å²) in [5.41, 5.74) is 2.79. The number of ketones is 1. The Balaban J connectivity index is 1.89. The van der Waals surface area contributed by atoms with Crippen molar-refractivity contribution in [3.8, 4) is 28.7 Å². The Kier molecular flexibility index (Phi) is 9.25. The molecule has 8 heteroatoms. The lowest BCUT2D eigenvalue weighted by Gasteiger charge is -2.14. The van der Waals surface area contributed by atoms with Crippen molar-refractivity contribution in [2.45, 2.75) is 0 Å². The van der Waals surface area contributed by atoms with E-state index >= 15 is 0 Å². The van der Waals surface area contributed by atoms with Gasteiger partial charge in [-0.2, -0.15) is 0 Å². The number of allylic oxidation sites excluding steroid dienone is 1. The van der Waals surface area contributed by atoms with Crippen molar-refractivity contribution in [1.82, 2.24) is 0 Å². The van der Waals surface area contributed by atoms with Crippen LogP contribution in [-0.2, 0) is 0 Å². The third kappa shape index (κ3) is 6.31. The predicted molar refractivity (Wildman–Crippen MR) is 143 cm³/mol. The largest absolute Gasteiger partial charge is 0.493 e.